The zero-order chi connectivity index (χ0) is 19.5. The van der Waals surface area contributed by atoms with Gasteiger partial charge >= 0.3 is 0 Å². The first kappa shape index (κ1) is 18.9. The third kappa shape index (κ3) is 3.74. The molecule has 0 unspecified atom stereocenters. The highest BCUT2D eigenvalue weighted by Gasteiger charge is 2.22. The summed E-state index contributed by atoms with van der Waals surface area (Å²) in [6.45, 7) is 3.32. The highest BCUT2D eigenvalue weighted by atomic mass is 19.1. The van der Waals surface area contributed by atoms with Crippen LogP contribution in [0.3, 0.4) is 0 Å². The highest BCUT2D eigenvalue weighted by molar-refractivity contribution is 5.83. The van der Waals surface area contributed by atoms with Gasteiger partial charge in [0.2, 0.25) is 0 Å². The standard InChI is InChI=1S/C24H27FN3/c1-17-23(20-10-6-3-7-11-20)24(21-13-12-19(15-26)14-22(21)25)27-28(17)16-18-8-4-2-5-9-18/h2-3,6-7,10-14,18H,4-5,8-9,15-16,26H2,1H3. The Kier molecular flexibility index (Phi) is 5.58. The van der Waals surface area contributed by atoms with E-state index in [0.717, 1.165) is 28.9 Å². The first-order chi connectivity index (χ1) is 13.7. The molecule has 1 heterocycles. The van der Waals surface area contributed by atoms with E-state index in [2.05, 4.69) is 30.2 Å². The molecular formula is C24H27FN3. The van der Waals surface area contributed by atoms with Gasteiger partial charge in [0.25, 0.3) is 0 Å². The molecular weight excluding hydrogens is 349 g/mol. The van der Waals surface area contributed by atoms with Crippen LogP contribution in [0.4, 0.5) is 4.39 Å². The summed E-state index contributed by atoms with van der Waals surface area (Å²) in [7, 11) is 0. The van der Waals surface area contributed by atoms with Crippen LogP contribution in [0.2, 0.25) is 0 Å². The second-order valence-electron chi connectivity index (χ2n) is 7.68. The van der Waals surface area contributed by atoms with E-state index in [4.69, 9.17) is 10.8 Å². The quantitative estimate of drug-likeness (QED) is 0.637. The van der Waals surface area contributed by atoms with Crippen molar-refractivity contribution in [1.29, 1.82) is 0 Å². The molecule has 2 N–H and O–H groups in total. The van der Waals surface area contributed by atoms with Gasteiger partial charge < -0.3 is 5.73 Å². The third-order valence-electron chi connectivity index (χ3n) is 5.78. The van der Waals surface area contributed by atoms with Crippen molar-refractivity contribution in [3.8, 4) is 22.4 Å². The molecule has 0 amide bonds. The number of hydrogen-bond donors (Lipinski definition) is 1. The predicted octanol–water partition coefficient (Wildman–Crippen LogP) is 5.52. The van der Waals surface area contributed by atoms with Gasteiger partial charge in [0, 0.05) is 29.9 Å². The molecule has 4 rings (SSSR count). The zero-order valence-corrected chi connectivity index (χ0v) is 16.4. The predicted molar refractivity (Wildman–Crippen MR) is 112 cm³/mol. The Morgan fingerprint density at radius 3 is 2.54 bits per heavy atom. The van der Waals surface area contributed by atoms with Crippen molar-refractivity contribution in [2.45, 2.75) is 45.7 Å². The highest BCUT2D eigenvalue weighted by Crippen LogP contribution is 2.36. The molecule has 1 fully saturated rings. The van der Waals surface area contributed by atoms with Gasteiger partial charge in [0.15, 0.2) is 0 Å². The maximum atomic E-state index is 14.9. The molecule has 4 heteroatoms. The van der Waals surface area contributed by atoms with Gasteiger partial charge in [-0.2, -0.15) is 5.10 Å². The SMILES string of the molecule is Cc1c(-c2ccccc2)c(-c2ccc(CN)cc2F)nn1CC1CC[CH]CC1. The summed E-state index contributed by atoms with van der Waals surface area (Å²) in [4.78, 5) is 0. The molecule has 0 atom stereocenters. The van der Waals surface area contributed by atoms with E-state index in [9.17, 15) is 4.39 Å². The van der Waals surface area contributed by atoms with Gasteiger partial charge in [-0.3, -0.25) is 4.68 Å². The van der Waals surface area contributed by atoms with Crippen molar-refractivity contribution >= 4 is 0 Å². The average Bonchev–Trinajstić information content (AvgIpc) is 3.05. The van der Waals surface area contributed by atoms with E-state index in [1.54, 1.807) is 0 Å². The van der Waals surface area contributed by atoms with Crippen LogP contribution in [0.1, 0.15) is 36.9 Å². The molecule has 3 nitrogen and oxygen atoms in total. The van der Waals surface area contributed by atoms with Crippen LogP contribution >= 0.6 is 0 Å². The van der Waals surface area contributed by atoms with Crippen molar-refractivity contribution in [2.75, 3.05) is 0 Å². The lowest BCUT2D eigenvalue weighted by atomic mass is 9.89. The average molecular weight is 376 g/mol. The number of hydrogen-bond acceptors (Lipinski definition) is 2. The summed E-state index contributed by atoms with van der Waals surface area (Å²) in [5, 5.41) is 4.90. The molecule has 145 valence electrons. The second kappa shape index (κ2) is 8.27. The Morgan fingerprint density at radius 2 is 1.86 bits per heavy atom. The first-order valence-electron chi connectivity index (χ1n) is 10.1. The molecule has 1 aliphatic carbocycles. The lowest BCUT2D eigenvalue weighted by Gasteiger charge is -2.21. The molecule has 0 spiro atoms. The van der Waals surface area contributed by atoms with Crippen LogP contribution in [0.5, 0.6) is 0 Å². The number of nitrogens with two attached hydrogens (primary N) is 1. The molecule has 0 bridgehead atoms. The van der Waals surface area contributed by atoms with E-state index in [0.29, 0.717) is 23.7 Å². The maximum absolute atomic E-state index is 14.9. The molecule has 1 saturated carbocycles. The van der Waals surface area contributed by atoms with Gasteiger partial charge in [0.1, 0.15) is 11.5 Å². The van der Waals surface area contributed by atoms with Crippen LogP contribution in [0, 0.1) is 25.1 Å². The molecule has 1 radical (unpaired) electrons. The maximum Gasteiger partial charge on any atom is 0.133 e. The van der Waals surface area contributed by atoms with Crippen molar-refractivity contribution < 1.29 is 4.39 Å². The fraction of sp³-hybridized carbons (Fsp3) is 0.333. The largest absolute Gasteiger partial charge is 0.326 e. The molecule has 0 aliphatic heterocycles. The van der Waals surface area contributed by atoms with Crippen molar-refractivity contribution in [1.82, 2.24) is 9.78 Å². The Bertz CT molecular complexity index is 940. The summed E-state index contributed by atoms with van der Waals surface area (Å²) < 4.78 is 17.0. The number of aromatic nitrogens is 2. The smallest absolute Gasteiger partial charge is 0.133 e. The summed E-state index contributed by atoms with van der Waals surface area (Å²) in [6.07, 6.45) is 7.14. The Hall–Kier alpha value is -2.46. The summed E-state index contributed by atoms with van der Waals surface area (Å²) in [6, 6.07) is 15.4. The lowest BCUT2D eigenvalue weighted by Crippen LogP contribution is -2.16. The minimum atomic E-state index is -0.267. The summed E-state index contributed by atoms with van der Waals surface area (Å²) in [5.74, 6) is 0.363. The van der Waals surface area contributed by atoms with Crippen LogP contribution < -0.4 is 5.73 Å². The van der Waals surface area contributed by atoms with E-state index >= 15 is 0 Å². The molecule has 0 saturated heterocycles. The van der Waals surface area contributed by atoms with E-state index in [1.807, 2.05) is 30.3 Å². The minimum Gasteiger partial charge on any atom is -0.326 e. The number of halogens is 1. The van der Waals surface area contributed by atoms with Crippen molar-refractivity contribution in [2.24, 2.45) is 11.7 Å². The summed E-state index contributed by atoms with van der Waals surface area (Å²) >= 11 is 0. The zero-order valence-electron chi connectivity index (χ0n) is 16.4. The molecule has 28 heavy (non-hydrogen) atoms. The van der Waals surface area contributed by atoms with Crippen molar-refractivity contribution in [3.05, 3.63) is 72.0 Å². The van der Waals surface area contributed by atoms with Crippen LogP contribution in [-0.2, 0) is 13.1 Å². The van der Waals surface area contributed by atoms with Crippen molar-refractivity contribution in [3.63, 3.8) is 0 Å². The minimum absolute atomic E-state index is 0.267. The Morgan fingerprint density at radius 1 is 1.11 bits per heavy atom. The Balaban J connectivity index is 1.81. The normalized spacial score (nSPS) is 15.1. The number of nitrogens with zero attached hydrogens (tertiary/aromatic N) is 2. The third-order valence-corrected chi connectivity index (χ3v) is 5.78. The van der Waals surface area contributed by atoms with Gasteiger partial charge in [-0.15, -0.1) is 0 Å². The fourth-order valence-corrected chi connectivity index (χ4v) is 4.16. The van der Waals surface area contributed by atoms with Crippen LogP contribution in [0.15, 0.2) is 48.5 Å². The Labute approximate surface area is 166 Å². The fourth-order valence-electron chi connectivity index (χ4n) is 4.16. The molecule has 3 aromatic rings. The molecule has 1 aliphatic rings. The number of rotatable bonds is 5. The molecule has 2 aromatic carbocycles. The van der Waals surface area contributed by atoms with Gasteiger partial charge in [-0.05, 0) is 68.2 Å². The lowest BCUT2D eigenvalue weighted by molar-refractivity contribution is 0.337. The summed E-state index contributed by atoms with van der Waals surface area (Å²) in [5.41, 5.74) is 10.9. The van der Waals surface area contributed by atoms with Crippen LogP contribution in [0.25, 0.3) is 22.4 Å². The van der Waals surface area contributed by atoms with E-state index in [1.165, 1.54) is 31.7 Å². The van der Waals surface area contributed by atoms with Gasteiger partial charge in [-0.25, -0.2) is 4.39 Å². The first-order valence-corrected chi connectivity index (χ1v) is 10.1. The topological polar surface area (TPSA) is 43.8 Å². The molecule has 1 aromatic heterocycles. The second-order valence-corrected chi connectivity index (χ2v) is 7.68. The van der Waals surface area contributed by atoms with Crippen LogP contribution in [-0.4, -0.2) is 9.78 Å². The van der Waals surface area contributed by atoms with E-state index < -0.39 is 0 Å². The van der Waals surface area contributed by atoms with E-state index in [-0.39, 0.29) is 5.82 Å². The monoisotopic (exact) mass is 376 g/mol. The van der Waals surface area contributed by atoms with Gasteiger partial charge in [0.05, 0.1) is 0 Å². The van der Waals surface area contributed by atoms with Gasteiger partial charge in [-0.1, -0.05) is 36.4 Å². The number of benzene rings is 2.